The van der Waals surface area contributed by atoms with E-state index in [9.17, 15) is 18.3 Å². The quantitative estimate of drug-likeness (QED) is 0.537. The molecule has 3 heterocycles. The van der Waals surface area contributed by atoms with Crippen LogP contribution in [0.4, 0.5) is 0 Å². The Morgan fingerprint density at radius 3 is 2.65 bits per heavy atom. The Morgan fingerprint density at radius 2 is 1.94 bits per heavy atom. The number of hydrogen-bond acceptors (Lipinski definition) is 7. The maximum atomic E-state index is 13.0. The van der Waals surface area contributed by atoms with Crippen LogP contribution in [0.1, 0.15) is 31.2 Å². The monoisotopic (exact) mass is 452 g/mol. The summed E-state index contributed by atoms with van der Waals surface area (Å²) >= 11 is 0. The van der Waals surface area contributed by atoms with E-state index in [1.807, 2.05) is 29.0 Å². The molecule has 0 saturated carbocycles. The van der Waals surface area contributed by atoms with E-state index in [0.29, 0.717) is 38.5 Å². The van der Waals surface area contributed by atoms with Gasteiger partial charge in [0.1, 0.15) is 16.7 Å². The standard InChI is InChI=1S/C21H32N4O5S/c1-14(26)25-7-5-15(6-8-25)16-3-4-21-19(9-16)30-20-12-22-11-18(20)24(2)13-17(27)10-23-31(21,28)29/h3-4,9,15,17-18,20,22-23,27H,5-8,10-13H2,1-2H3/t17-,18+,20-/m0/s1. The van der Waals surface area contributed by atoms with Gasteiger partial charge in [0.2, 0.25) is 15.9 Å². The first-order valence-electron chi connectivity index (χ1n) is 10.9. The first kappa shape index (κ1) is 22.5. The second-order valence-electron chi connectivity index (χ2n) is 8.81. The van der Waals surface area contributed by atoms with Gasteiger partial charge in [-0.2, -0.15) is 0 Å². The number of amides is 1. The lowest BCUT2D eigenvalue weighted by molar-refractivity contribution is -0.129. The number of rotatable bonds is 1. The van der Waals surface area contributed by atoms with E-state index in [4.69, 9.17) is 4.74 Å². The number of benzene rings is 1. The van der Waals surface area contributed by atoms with Crippen molar-refractivity contribution in [3.63, 3.8) is 0 Å². The minimum atomic E-state index is -3.83. The lowest BCUT2D eigenvalue weighted by atomic mass is 9.89. The molecular weight excluding hydrogens is 420 g/mol. The molecule has 3 aliphatic rings. The van der Waals surface area contributed by atoms with Gasteiger partial charge in [-0.3, -0.25) is 9.69 Å². The van der Waals surface area contributed by atoms with Gasteiger partial charge in [-0.05, 0) is 43.5 Å². The average molecular weight is 453 g/mol. The van der Waals surface area contributed by atoms with Crippen molar-refractivity contribution >= 4 is 15.9 Å². The number of sulfonamides is 1. The third-order valence-corrected chi connectivity index (χ3v) is 8.11. The highest BCUT2D eigenvalue weighted by molar-refractivity contribution is 7.89. The Labute approximate surface area is 183 Å². The van der Waals surface area contributed by atoms with E-state index in [1.165, 1.54) is 0 Å². The molecular formula is C21H32N4O5S. The zero-order chi connectivity index (χ0) is 22.2. The van der Waals surface area contributed by atoms with Crippen LogP contribution in [-0.2, 0) is 14.8 Å². The van der Waals surface area contributed by atoms with Crippen molar-refractivity contribution in [3.8, 4) is 5.75 Å². The van der Waals surface area contributed by atoms with Crippen LogP contribution in [0.15, 0.2) is 23.1 Å². The van der Waals surface area contributed by atoms with E-state index in [2.05, 4.69) is 10.0 Å². The molecule has 3 aliphatic heterocycles. The lowest BCUT2D eigenvalue weighted by Gasteiger charge is -2.32. The minimum absolute atomic E-state index is 0.0331. The summed E-state index contributed by atoms with van der Waals surface area (Å²) < 4.78 is 34.8. The van der Waals surface area contributed by atoms with Crippen LogP contribution in [0.3, 0.4) is 0 Å². The van der Waals surface area contributed by atoms with Gasteiger partial charge in [0, 0.05) is 46.2 Å². The van der Waals surface area contributed by atoms with Gasteiger partial charge in [0.25, 0.3) is 0 Å². The molecule has 0 aromatic heterocycles. The summed E-state index contributed by atoms with van der Waals surface area (Å²) in [5.74, 6) is 0.689. The molecule has 31 heavy (non-hydrogen) atoms. The van der Waals surface area contributed by atoms with Crippen molar-refractivity contribution in [3.05, 3.63) is 23.8 Å². The number of hydrogen-bond donors (Lipinski definition) is 3. The van der Waals surface area contributed by atoms with Crippen molar-refractivity contribution in [2.24, 2.45) is 0 Å². The fourth-order valence-corrected chi connectivity index (χ4v) is 5.99. The topological polar surface area (TPSA) is 111 Å². The third kappa shape index (κ3) is 4.88. The average Bonchev–Trinajstić information content (AvgIpc) is 3.20. The van der Waals surface area contributed by atoms with Gasteiger partial charge in [0.05, 0.1) is 12.1 Å². The number of nitrogens with one attached hydrogen (secondary N) is 2. The van der Waals surface area contributed by atoms with E-state index in [-0.39, 0.29) is 35.4 Å². The van der Waals surface area contributed by atoms with Gasteiger partial charge >= 0.3 is 0 Å². The molecule has 3 atom stereocenters. The smallest absolute Gasteiger partial charge is 0.244 e. The summed E-state index contributed by atoms with van der Waals surface area (Å²) in [6.07, 6.45) is 0.644. The van der Waals surface area contributed by atoms with Gasteiger partial charge in [-0.15, -0.1) is 0 Å². The molecule has 172 valence electrons. The SMILES string of the molecule is CC(=O)N1CCC(c2ccc3c(c2)O[C@H]2CNC[C@H]2N(C)C[C@@H](O)CNS3(=O)=O)CC1. The normalized spacial score (nSPS) is 30.0. The predicted molar refractivity (Wildman–Crippen MR) is 116 cm³/mol. The maximum Gasteiger partial charge on any atom is 0.244 e. The summed E-state index contributed by atoms with van der Waals surface area (Å²) in [6.45, 7) is 4.62. The maximum absolute atomic E-state index is 13.0. The number of carbonyl (C=O) groups excluding carboxylic acids is 1. The number of fused-ring (bicyclic) bond motifs is 2. The lowest BCUT2D eigenvalue weighted by Crippen LogP contribution is -2.47. The van der Waals surface area contributed by atoms with Gasteiger partial charge < -0.3 is 20.1 Å². The summed E-state index contributed by atoms with van der Waals surface area (Å²) in [7, 11) is -1.91. The van der Waals surface area contributed by atoms with E-state index < -0.39 is 16.1 Å². The van der Waals surface area contributed by atoms with Crippen LogP contribution in [0.25, 0.3) is 0 Å². The molecule has 1 aromatic rings. The number of aliphatic hydroxyl groups is 1. The molecule has 1 amide bonds. The molecule has 3 N–H and O–H groups in total. The molecule has 9 nitrogen and oxygen atoms in total. The highest BCUT2D eigenvalue weighted by Gasteiger charge is 2.35. The van der Waals surface area contributed by atoms with Crippen LogP contribution in [0.5, 0.6) is 5.75 Å². The van der Waals surface area contributed by atoms with Crippen LogP contribution in [-0.4, -0.2) is 93.8 Å². The number of piperidine rings is 1. The fourth-order valence-electron chi connectivity index (χ4n) is 4.80. The number of ether oxygens (including phenoxy) is 1. The molecule has 4 rings (SSSR count). The molecule has 2 saturated heterocycles. The highest BCUT2D eigenvalue weighted by atomic mass is 32.2. The molecule has 0 bridgehead atoms. The van der Waals surface area contributed by atoms with Crippen LogP contribution >= 0.6 is 0 Å². The van der Waals surface area contributed by atoms with Crippen molar-refractivity contribution in [1.29, 1.82) is 0 Å². The largest absolute Gasteiger partial charge is 0.486 e. The van der Waals surface area contributed by atoms with Crippen LogP contribution in [0, 0.1) is 0 Å². The molecule has 2 fully saturated rings. The second-order valence-corrected chi connectivity index (χ2v) is 10.5. The molecule has 0 aliphatic carbocycles. The van der Waals surface area contributed by atoms with Crippen LogP contribution in [0.2, 0.25) is 0 Å². The Bertz CT molecular complexity index is 916. The molecule has 1 aromatic carbocycles. The second kappa shape index (κ2) is 9.03. The summed E-state index contributed by atoms with van der Waals surface area (Å²) in [6, 6.07) is 5.34. The van der Waals surface area contributed by atoms with Crippen molar-refractivity contribution in [2.75, 3.05) is 46.3 Å². The van der Waals surface area contributed by atoms with E-state index >= 15 is 0 Å². The third-order valence-electron chi connectivity index (χ3n) is 6.65. The number of likely N-dealkylation sites (tertiary alicyclic amines) is 1. The number of likely N-dealkylation sites (N-methyl/N-ethyl adjacent to an activating group) is 1. The van der Waals surface area contributed by atoms with Crippen molar-refractivity contribution in [1.82, 2.24) is 19.8 Å². The number of β-amino-alcohol motifs (C(OH)–C–C–N with tert-alkyl or cyclic N) is 1. The predicted octanol–water partition coefficient (Wildman–Crippen LogP) is -0.284. The number of nitrogens with zero attached hydrogens (tertiary/aromatic N) is 2. The highest BCUT2D eigenvalue weighted by Crippen LogP contribution is 2.34. The minimum Gasteiger partial charge on any atom is -0.486 e. The van der Waals surface area contributed by atoms with Gasteiger partial charge in [-0.1, -0.05) is 6.07 Å². The van der Waals surface area contributed by atoms with Crippen molar-refractivity contribution in [2.45, 2.75) is 48.8 Å². The number of carbonyl (C=O) groups is 1. The Balaban J connectivity index is 1.65. The first-order valence-corrected chi connectivity index (χ1v) is 12.4. The fraction of sp³-hybridized carbons (Fsp3) is 0.667. The molecule has 10 heteroatoms. The van der Waals surface area contributed by atoms with Gasteiger partial charge in [0.15, 0.2) is 0 Å². The van der Waals surface area contributed by atoms with Crippen molar-refractivity contribution < 1.29 is 23.1 Å². The summed E-state index contributed by atoms with van der Waals surface area (Å²) in [5, 5.41) is 13.6. The molecule has 0 unspecified atom stereocenters. The molecule has 0 radical (unpaired) electrons. The van der Waals surface area contributed by atoms with Crippen LogP contribution < -0.4 is 14.8 Å². The Kier molecular flexibility index (Phi) is 6.55. The molecule has 0 spiro atoms. The first-order chi connectivity index (χ1) is 14.7. The zero-order valence-corrected chi connectivity index (χ0v) is 18.9. The van der Waals surface area contributed by atoms with E-state index in [0.717, 1.165) is 18.4 Å². The summed E-state index contributed by atoms with van der Waals surface area (Å²) in [4.78, 5) is 15.6. The zero-order valence-electron chi connectivity index (χ0n) is 18.1. The summed E-state index contributed by atoms with van der Waals surface area (Å²) in [5.41, 5.74) is 1.03. The van der Waals surface area contributed by atoms with Gasteiger partial charge in [-0.25, -0.2) is 13.1 Å². The van der Waals surface area contributed by atoms with E-state index in [1.54, 1.807) is 13.0 Å². The number of aliphatic hydroxyl groups excluding tert-OH is 1. The Morgan fingerprint density at radius 1 is 1.19 bits per heavy atom. The Hall–Kier alpha value is -1.72.